The first-order chi connectivity index (χ1) is 15.5. The van der Waals surface area contributed by atoms with E-state index in [9.17, 15) is 14.7 Å². The molecule has 0 unspecified atom stereocenters. The second-order valence-electron chi connectivity index (χ2n) is 7.93. The fraction of sp³-hybridized carbons (Fsp3) is 0.417. The number of fused-ring (bicyclic) bond motifs is 1. The van der Waals surface area contributed by atoms with Crippen LogP contribution in [0.25, 0.3) is 5.76 Å². The molecule has 170 valence electrons. The van der Waals surface area contributed by atoms with Crippen LogP contribution in [0.2, 0.25) is 0 Å². The van der Waals surface area contributed by atoms with Gasteiger partial charge in [-0.15, -0.1) is 0 Å². The second kappa shape index (κ2) is 9.48. The predicted molar refractivity (Wildman–Crippen MR) is 117 cm³/mol. The summed E-state index contributed by atoms with van der Waals surface area (Å²) in [6, 6.07) is 7.62. The van der Waals surface area contributed by atoms with Crippen LogP contribution in [0.5, 0.6) is 11.5 Å². The number of likely N-dealkylation sites (tertiary alicyclic amines) is 1. The molecule has 1 aromatic heterocycles. The van der Waals surface area contributed by atoms with Gasteiger partial charge in [0.05, 0.1) is 31.5 Å². The molecule has 3 heterocycles. The molecule has 4 rings (SSSR count). The first-order valence-electron chi connectivity index (χ1n) is 11.1. The third-order valence-electron chi connectivity index (χ3n) is 6.10. The summed E-state index contributed by atoms with van der Waals surface area (Å²) in [5, 5.41) is 11.1. The quantitative estimate of drug-likeness (QED) is 0.369. The Morgan fingerprint density at radius 1 is 1.12 bits per heavy atom. The number of carbonyl (C=O) groups is 2. The van der Waals surface area contributed by atoms with Gasteiger partial charge >= 0.3 is 0 Å². The van der Waals surface area contributed by atoms with E-state index in [4.69, 9.17) is 13.9 Å². The van der Waals surface area contributed by atoms with E-state index >= 15 is 0 Å². The smallest absolute Gasteiger partial charge is 0.295 e. The van der Waals surface area contributed by atoms with Crippen molar-refractivity contribution in [2.75, 3.05) is 39.4 Å². The van der Waals surface area contributed by atoms with Gasteiger partial charge in [-0.1, -0.05) is 0 Å². The molecular weight excluding hydrogens is 412 g/mol. The number of ether oxygens (including phenoxy) is 2. The Morgan fingerprint density at radius 2 is 1.88 bits per heavy atom. The number of hydrogen-bond donors (Lipinski definition) is 2. The van der Waals surface area contributed by atoms with Gasteiger partial charge in [0.25, 0.3) is 11.7 Å². The van der Waals surface area contributed by atoms with E-state index in [1.54, 1.807) is 30.3 Å². The van der Waals surface area contributed by atoms with Crippen LogP contribution < -0.4 is 14.4 Å². The molecule has 1 saturated heterocycles. The van der Waals surface area contributed by atoms with Crippen molar-refractivity contribution in [3.8, 4) is 11.5 Å². The minimum Gasteiger partial charge on any atom is -0.507 e. The van der Waals surface area contributed by atoms with Gasteiger partial charge in [-0.3, -0.25) is 9.59 Å². The summed E-state index contributed by atoms with van der Waals surface area (Å²) < 4.78 is 16.7. The van der Waals surface area contributed by atoms with Crippen LogP contribution in [0.1, 0.15) is 37.6 Å². The van der Waals surface area contributed by atoms with Crippen LogP contribution in [0.3, 0.4) is 0 Å². The van der Waals surface area contributed by atoms with Crippen molar-refractivity contribution in [1.29, 1.82) is 0 Å². The standard InChI is InChI=1S/C24H28N2O6/c1-3-25(4-2)10-6-11-26-21(18-7-5-12-30-18)20(23(28)24(26)29)22(27)16-8-9-17-19(15-16)32-14-13-31-17/h5,7-9,12,15,21,27H,3-4,6,10-11,13-14H2,1-2H3/p+1/b22-20-/t21-/m0/s1. The van der Waals surface area contributed by atoms with Crippen LogP contribution in [0.4, 0.5) is 0 Å². The number of nitrogens with one attached hydrogen (secondary N) is 1. The SMILES string of the molecule is CC[NH+](CC)CCCN1C(=O)C(=O)/C(=C(\O)c2ccc3c(c2)OCCO3)[C@@H]1c1ccco1. The molecule has 0 saturated carbocycles. The van der Waals surface area contributed by atoms with Gasteiger partial charge in [-0.05, 0) is 44.2 Å². The highest BCUT2D eigenvalue weighted by atomic mass is 16.6. The predicted octanol–water partition coefficient (Wildman–Crippen LogP) is 1.79. The van der Waals surface area contributed by atoms with Crippen molar-refractivity contribution in [3.63, 3.8) is 0 Å². The zero-order chi connectivity index (χ0) is 22.7. The fourth-order valence-electron chi connectivity index (χ4n) is 4.30. The Morgan fingerprint density at radius 3 is 2.56 bits per heavy atom. The van der Waals surface area contributed by atoms with Crippen LogP contribution in [-0.4, -0.2) is 61.1 Å². The van der Waals surface area contributed by atoms with Gasteiger partial charge in [0, 0.05) is 18.5 Å². The number of hydrogen-bond acceptors (Lipinski definition) is 6. The number of benzene rings is 1. The molecule has 0 aliphatic carbocycles. The molecule has 1 amide bonds. The average molecular weight is 442 g/mol. The molecule has 0 spiro atoms. The number of carbonyl (C=O) groups excluding carboxylic acids is 2. The summed E-state index contributed by atoms with van der Waals surface area (Å²) in [4.78, 5) is 28.9. The topological polar surface area (TPSA) is 93.7 Å². The van der Waals surface area contributed by atoms with Crippen molar-refractivity contribution >= 4 is 17.4 Å². The summed E-state index contributed by atoms with van der Waals surface area (Å²) in [7, 11) is 0. The van der Waals surface area contributed by atoms with Crippen molar-refractivity contribution < 1.29 is 33.5 Å². The summed E-state index contributed by atoms with van der Waals surface area (Å²) in [5.74, 6) is -0.0768. The van der Waals surface area contributed by atoms with Crippen LogP contribution in [-0.2, 0) is 9.59 Å². The summed E-state index contributed by atoms with van der Waals surface area (Å²) >= 11 is 0. The summed E-state index contributed by atoms with van der Waals surface area (Å²) in [6.45, 7) is 8.41. The molecule has 2 aromatic rings. The maximum atomic E-state index is 13.0. The third-order valence-corrected chi connectivity index (χ3v) is 6.10. The Hall–Kier alpha value is -3.26. The van der Waals surface area contributed by atoms with Crippen molar-refractivity contribution in [3.05, 3.63) is 53.5 Å². The van der Waals surface area contributed by atoms with Crippen molar-refractivity contribution in [2.45, 2.75) is 26.3 Å². The Labute approximate surface area is 187 Å². The van der Waals surface area contributed by atoms with Gasteiger partial charge in [-0.2, -0.15) is 0 Å². The molecule has 32 heavy (non-hydrogen) atoms. The third kappa shape index (κ3) is 4.10. The fourth-order valence-corrected chi connectivity index (χ4v) is 4.30. The molecule has 8 nitrogen and oxygen atoms in total. The van der Waals surface area contributed by atoms with Gasteiger partial charge in [0.1, 0.15) is 30.8 Å². The average Bonchev–Trinajstić information content (AvgIpc) is 3.43. The lowest BCUT2D eigenvalue weighted by Gasteiger charge is -2.24. The van der Waals surface area contributed by atoms with E-state index in [-0.39, 0.29) is 11.3 Å². The van der Waals surface area contributed by atoms with E-state index in [1.165, 1.54) is 16.1 Å². The molecule has 1 aromatic carbocycles. The molecule has 1 atom stereocenters. The molecule has 1 fully saturated rings. The minimum atomic E-state index is -0.773. The number of amides is 1. The van der Waals surface area contributed by atoms with Crippen LogP contribution in [0, 0.1) is 0 Å². The number of quaternary nitrogens is 1. The second-order valence-corrected chi connectivity index (χ2v) is 7.93. The maximum absolute atomic E-state index is 13.0. The number of ketones is 1. The number of furan rings is 1. The number of aliphatic hydroxyl groups is 1. The molecule has 2 aliphatic heterocycles. The highest BCUT2D eigenvalue weighted by Gasteiger charge is 2.47. The highest BCUT2D eigenvalue weighted by molar-refractivity contribution is 6.46. The number of aliphatic hydroxyl groups excluding tert-OH is 1. The van der Waals surface area contributed by atoms with E-state index < -0.39 is 17.7 Å². The van der Waals surface area contributed by atoms with E-state index in [2.05, 4.69) is 13.8 Å². The molecule has 0 bridgehead atoms. The lowest BCUT2D eigenvalue weighted by Crippen LogP contribution is -3.11. The highest BCUT2D eigenvalue weighted by Crippen LogP contribution is 2.41. The number of nitrogens with zero attached hydrogens (tertiary/aromatic N) is 1. The molecule has 8 heteroatoms. The van der Waals surface area contributed by atoms with Gasteiger partial charge in [0.2, 0.25) is 0 Å². The largest absolute Gasteiger partial charge is 0.507 e. The van der Waals surface area contributed by atoms with E-state index in [0.29, 0.717) is 42.6 Å². The summed E-state index contributed by atoms with van der Waals surface area (Å²) in [5.41, 5.74) is 0.410. The van der Waals surface area contributed by atoms with Gasteiger partial charge in [0.15, 0.2) is 11.5 Å². The van der Waals surface area contributed by atoms with E-state index in [0.717, 1.165) is 26.1 Å². The maximum Gasteiger partial charge on any atom is 0.295 e. The minimum absolute atomic E-state index is 0.0248. The van der Waals surface area contributed by atoms with Crippen LogP contribution >= 0.6 is 0 Å². The van der Waals surface area contributed by atoms with Crippen LogP contribution in [0.15, 0.2) is 46.6 Å². The first kappa shape index (κ1) is 22.0. The monoisotopic (exact) mass is 441 g/mol. The first-order valence-corrected chi connectivity index (χ1v) is 11.1. The Bertz CT molecular complexity index is 1010. The Balaban J connectivity index is 1.68. The van der Waals surface area contributed by atoms with Crippen molar-refractivity contribution in [2.24, 2.45) is 0 Å². The molecule has 2 N–H and O–H groups in total. The molecular formula is C24H29N2O6+. The Kier molecular flexibility index (Phi) is 6.50. The van der Waals surface area contributed by atoms with Crippen molar-refractivity contribution in [1.82, 2.24) is 4.90 Å². The van der Waals surface area contributed by atoms with Gasteiger partial charge in [-0.25, -0.2) is 0 Å². The zero-order valence-corrected chi connectivity index (χ0v) is 18.4. The van der Waals surface area contributed by atoms with Gasteiger partial charge < -0.3 is 28.8 Å². The number of Topliss-reactive ketones (excluding diaryl/α,β-unsaturated/α-hetero) is 1. The molecule has 2 aliphatic rings. The summed E-state index contributed by atoms with van der Waals surface area (Å²) in [6.07, 6.45) is 2.24. The molecule has 0 radical (unpaired) electrons. The van der Waals surface area contributed by atoms with E-state index in [1.807, 2.05) is 0 Å². The lowest BCUT2D eigenvalue weighted by atomic mass is 9.99. The zero-order valence-electron chi connectivity index (χ0n) is 18.4. The number of rotatable bonds is 8. The normalized spacial score (nSPS) is 19.7. The lowest BCUT2D eigenvalue weighted by molar-refractivity contribution is -0.896.